The highest BCUT2D eigenvalue weighted by molar-refractivity contribution is 5.81. The summed E-state index contributed by atoms with van der Waals surface area (Å²) in [5.41, 5.74) is 0. The fourth-order valence-electron chi connectivity index (χ4n) is 2.16. The van der Waals surface area contributed by atoms with E-state index in [1.165, 1.54) is 0 Å². The molecule has 3 rings (SSSR count). The Morgan fingerprint density at radius 2 is 2.28 bits per heavy atom. The molecule has 3 heterocycles. The molecule has 0 aromatic carbocycles. The Kier molecular flexibility index (Phi) is 3.46. The van der Waals surface area contributed by atoms with E-state index >= 15 is 0 Å². The van der Waals surface area contributed by atoms with Crippen molar-refractivity contribution in [1.29, 1.82) is 0 Å². The molecule has 2 atom stereocenters. The van der Waals surface area contributed by atoms with Gasteiger partial charge in [-0.3, -0.25) is 9.47 Å². The topological polar surface area (TPSA) is 74.2 Å². The van der Waals surface area contributed by atoms with Gasteiger partial charge in [0.15, 0.2) is 6.10 Å². The fraction of sp³-hybridized carbons (Fsp3) is 0.750. The van der Waals surface area contributed by atoms with Crippen LogP contribution in [-0.2, 0) is 23.7 Å². The highest BCUT2D eigenvalue weighted by Gasteiger charge is 2.72. The van der Waals surface area contributed by atoms with Crippen molar-refractivity contribution in [3.63, 3.8) is 0 Å². The highest BCUT2D eigenvalue weighted by atomic mass is 17.1. The van der Waals surface area contributed by atoms with Gasteiger partial charge in [0.1, 0.15) is 6.61 Å². The van der Waals surface area contributed by atoms with Crippen LogP contribution >= 0.6 is 0 Å². The zero-order valence-corrected chi connectivity index (χ0v) is 10.5. The number of aliphatic hydroxyl groups excluding tert-OH is 1. The van der Waals surface area contributed by atoms with Gasteiger partial charge < -0.3 is 14.6 Å². The quantitative estimate of drug-likeness (QED) is 0.554. The molecule has 0 aromatic heterocycles. The average Bonchev–Trinajstić information content (AvgIpc) is 2.91. The van der Waals surface area contributed by atoms with Gasteiger partial charge in [0.2, 0.25) is 5.79 Å². The van der Waals surface area contributed by atoms with Crippen LogP contribution in [0.2, 0.25) is 0 Å². The van der Waals surface area contributed by atoms with Gasteiger partial charge in [-0.25, -0.2) is 4.79 Å². The largest absolute Gasteiger partial charge is 0.453 e. The van der Waals surface area contributed by atoms with Gasteiger partial charge in [0, 0.05) is 6.08 Å². The monoisotopic (exact) mass is 258 g/mol. The summed E-state index contributed by atoms with van der Waals surface area (Å²) in [7, 11) is 0. The maximum Gasteiger partial charge on any atom is 0.330 e. The van der Waals surface area contributed by atoms with E-state index in [0.717, 1.165) is 6.08 Å². The van der Waals surface area contributed by atoms with Crippen molar-refractivity contribution in [1.82, 2.24) is 0 Å². The van der Waals surface area contributed by atoms with E-state index in [1.54, 1.807) is 6.92 Å². The smallest absolute Gasteiger partial charge is 0.330 e. The molecule has 0 aromatic rings. The second kappa shape index (κ2) is 4.62. The third kappa shape index (κ3) is 1.85. The molecule has 0 spiro atoms. The Hall–Kier alpha value is -0.950. The van der Waals surface area contributed by atoms with Crippen LogP contribution < -0.4 is 0 Å². The zero-order chi connectivity index (χ0) is 13.4. The number of carbonyl (C=O) groups is 1. The zero-order valence-electron chi connectivity index (χ0n) is 10.5. The van der Waals surface area contributed by atoms with Gasteiger partial charge in [-0.05, 0) is 6.42 Å². The van der Waals surface area contributed by atoms with Gasteiger partial charge in [0.25, 0.3) is 5.97 Å². The Bertz CT molecular complexity index is 346. The molecular formula is C12H18O6. The van der Waals surface area contributed by atoms with Crippen molar-refractivity contribution >= 4 is 5.97 Å². The van der Waals surface area contributed by atoms with Crippen molar-refractivity contribution in [3.05, 3.63) is 12.7 Å². The summed E-state index contributed by atoms with van der Waals surface area (Å²) in [5, 5.41) is 9.11. The molecule has 6 nitrogen and oxygen atoms in total. The first kappa shape index (κ1) is 13.5. The van der Waals surface area contributed by atoms with Crippen LogP contribution in [0.3, 0.4) is 0 Å². The molecule has 2 unspecified atom stereocenters. The number of esters is 1. The van der Waals surface area contributed by atoms with Gasteiger partial charge in [-0.2, -0.15) is 0 Å². The lowest BCUT2D eigenvalue weighted by atomic mass is 10.0. The van der Waals surface area contributed by atoms with Crippen LogP contribution in [0.15, 0.2) is 12.7 Å². The van der Waals surface area contributed by atoms with Crippen LogP contribution in [-0.4, -0.2) is 42.2 Å². The molecular weight excluding hydrogens is 240 g/mol. The molecule has 0 saturated carbocycles. The lowest BCUT2D eigenvalue weighted by Gasteiger charge is -2.48. The Labute approximate surface area is 105 Å². The third-order valence-corrected chi connectivity index (χ3v) is 3.27. The molecule has 0 radical (unpaired) electrons. The SMILES string of the molecule is C=CC(=O)OC(CC)C12COC(C(C)CO)(O1)O2. The molecule has 0 aliphatic carbocycles. The van der Waals surface area contributed by atoms with E-state index in [1.807, 2.05) is 6.92 Å². The minimum Gasteiger partial charge on any atom is -0.453 e. The number of hydrogen-bond donors (Lipinski definition) is 1. The summed E-state index contributed by atoms with van der Waals surface area (Å²) in [6.07, 6.45) is 1.08. The minimum atomic E-state index is -1.19. The molecule has 102 valence electrons. The number of carbonyl (C=O) groups excluding carboxylic acids is 1. The van der Waals surface area contributed by atoms with E-state index in [-0.39, 0.29) is 19.1 Å². The predicted molar refractivity (Wildman–Crippen MR) is 60.2 cm³/mol. The molecule has 3 aliphatic rings. The Morgan fingerprint density at radius 3 is 2.78 bits per heavy atom. The lowest BCUT2D eigenvalue weighted by Crippen LogP contribution is -2.65. The first-order chi connectivity index (χ1) is 8.52. The Balaban J connectivity index is 2.03. The van der Waals surface area contributed by atoms with Gasteiger partial charge in [0.05, 0.1) is 12.5 Å². The van der Waals surface area contributed by atoms with Crippen LogP contribution in [0.5, 0.6) is 0 Å². The molecule has 6 heteroatoms. The maximum absolute atomic E-state index is 11.2. The number of rotatable bonds is 6. The number of fused-ring (bicyclic) bond motifs is 1. The van der Waals surface area contributed by atoms with Crippen LogP contribution in [0.4, 0.5) is 0 Å². The first-order valence-corrected chi connectivity index (χ1v) is 6.00. The molecule has 2 bridgehead atoms. The van der Waals surface area contributed by atoms with Crippen molar-refractivity contribution in [2.24, 2.45) is 5.92 Å². The van der Waals surface area contributed by atoms with E-state index in [4.69, 9.17) is 24.1 Å². The van der Waals surface area contributed by atoms with Gasteiger partial charge in [-0.1, -0.05) is 20.4 Å². The maximum atomic E-state index is 11.2. The number of aliphatic hydroxyl groups is 1. The first-order valence-electron chi connectivity index (χ1n) is 6.00. The highest BCUT2D eigenvalue weighted by Crippen LogP contribution is 2.53. The summed E-state index contributed by atoms with van der Waals surface area (Å²) in [6.45, 7) is 7.03. The van der Waals surface area contributed by atoms with Crippen LogP contribution in [0.1, 0.15) is 20.3 Å². The van der Waals surface area contributed by atoms with Crippen molar-refractivity contribution in [2.75, 3.05) is 13.2 Å². The summed E-state index contributed by atoms with van der Waals surface area (Å²) >= 11 is 0. The second-order valence-electron chi connectivity index (χ2n) is 4.53. The molecule has 0 amide bonds. The van der Waals surface area contributed by atoms with E-state index in [0.29, 0.717) is 6.42 Å². The number of hydrogen-bond acceptors (Lipinski definition) is 6. The lowest BCUT2D eigenvalue weighted by molar-refractivity contribution is -0.536. The molecule has 1 N–H and O–H groups in total. The van der Waals surface area contributed by atoms with Gasteiger partial charge in [-0.15, -0.1) is 0 Å². The van der Waals surface area contributed by atoms with E-state index in [9.17, 15) is 4.79 Å². The van der Waals surface area contributed by atoms with Crippen LogP contribution in [0, 0.1) is 5.92 Å². The van der Waals surface area contributed by atoms with Crippen molar-refractivity contribution in [2.45, 2.75) is 38.1 Å². The fourth-order valence-corrected chi connectivity index (χ4v) is 2.16. The van der Waals surface area contributed by atoms with E-state index in [2.05, 4.69) is 6.58 Å². The second-order valence-corrected chi connectivity index (χ2v) is 4.53. The predicted octanol–water partition coefficient (Wildman–Crippen LogP) is 0.550. The summed E-state index contributed by atoms with van der Waals surface area (Å²) in [6, 6.07) is 0. The number of ether oxygens (including phenoxy) is 4. The van der Waals surface area contributed by atoms with E-state index < -0.39 is 23.8 Å². The summed E-state index contributed by atoms with van der Waals surface area (Å²) in [5.74, 6) is -3.07. The van der Waals surface area contributed by atoms with Gasteiger partial charge >= 0.3 is 5.97 Å². The summed E-state index contributed by atoms with van der Waals surface area (Å²) < 4.78 is 22.0. The van der Waals surface area contributed by atoms with Crippen molar-refractivity contribution < 1.29 is 28.8 Å². The van der Waals surface area contributed by atoms with Crippen LogP contribution in [0.25, 0.3) is 0 Å². The normalized spacial score (nSPS) is 36.6. The molecule has 3 saturated heterocycles. The minimum absolute atomic E-state index is 0.112. The molecule has 3 aliphatic heterocycles. The molecule has 18 heavy (non-hydrogen) atoms. The standard InChI is InChI=1S/C12H18O6/c1-4-9(16-10(14)5-2)11-7-15-12(17-11,18-11)8(3)6-13/h5,8-9,13H,2,4,6-7H2,1,3H3. The third-order valence-electron chi connectivity index (χ3n) is 3.27. The Morgan fingerprint density at radius 1 is 1.61 bits per heavy atom. The van der Waals surface area contributed by atoms with Crippen molar-refractivity contribution in [3.8, 4) is 0 Å². The summed E-state index contributed by atoms with van der Waals surface area (Å²) in [4.78, 5) is 11.2. The molecule has 3 fully saturated rings. The average molecular weight is 258 g/mol.